The number of ketones is 1. The van der Waals surface area contributed by atoms with Crippen molar-refractivity contribution in [2.75, 3.05) is 11.5 Å². The van der Waals surface area contributed by atoms with Crippen LogP contribution < -0.4 is 9.64 Å². The number of amides is 1. The maximum Gasteiger partial charge on any atom is 0.300 e. The molecule has 3 aromatic rings. The van der Waals surface area contributed by atoms with Crippen molar-refractivity contribution in [2.45, 2.75) is 40.2 Å². The first-order valence-electron chi connectivity index (χ1n) is 11.0. The molecule has 0 aliphatic carbocycles. The van der Waals surface area contributed by atoms with E-state index in [1.807, 2.05) is 39.0 Å². The molecule has 0 saturated carbocycles. The van der Waals surface area contributed by atoms with Gasteiger partial charge in [-0.2, -0.15) is 0 Å². The van der Waals surface area contributed by atoms with Gasteiger partial charge in [-0.15, -0.1) is 0 Å². The lowest BCUT2D eigenvalue weighted by Gasteiger charge is -2.25. The zero-order valence-corrected chi connectivity index (χ0v) is 19.2. The first-order chi connectivity index (χ1) is 15.8. The molecular weight excluding hydrogens is 418 g/mol. The Kier molecular flexibility index (Phi) is 6.09. The van der Waals surface area contributed by atoms with Crippen molar-refractivity contribution >= 4 is 23.1 Å². The smallest absolute Gasteiger partial charge is 0.300 e. The molecule has 2 aromatic carbocycles. The summed E-state index contributed by atoms with van der Waals surface area (Å²) in [5.74, 6) is 0.0251. The molecule has 1 aliphatic rings. The van der Waals surface area contributed by atoms with Crippen LogP contribution in [0.1, 0.15) is 47.6 Å². The molecule has 6 nitrogen and oxygen atoms in total. The second kappa shape index (κ2) is 8.98. The predicted molar refractivity (Wildman–Crippen MR) is 126 cm³/mol. The number of aryl methyl sites for hydroxylation is 3. The topological polar surface area (TPSA) is 80.0 Å². The molecule has 1 atom stereocenters. The Labute approximate surface area is 193 Å². The molecule has 0 bridgehead atoms. The van der Waals surface area contributed by atoms with Gasteiger partial charge in [-0.1, -0.05) is 24.6 Å². The molecule has 1 fully saturated rings. The average molecular weight is 446 g/mol. The Morgan fingerprint density at radius 1 is 1.03 bits per heavy atom. The number of carbonyl (C=O) groups is 2. The van der Waals surface area contributed by atoms with Gasteiger partial charge in [0.2, 0.25) is 0 Å². The highest BCUT2D eigenvalue weighted by Gasteiger charge is 2.48. The third kappa shape index (κ3) is 4.16. The van der Waals surface area contributed by atoms with E-state index in [0.717, 1.165) is 17.5 Å². The van der Waals surface area contributed by atoms with E-state index in [0.29, 0.717) is 35.1 Å². The van der Waals surface area contributed by atoms with E-state index >= 15 is 0 Å². The van der Waals surface area contributed by atoms with Crippen molar-refractivity contribution in [1.29, 1.82) is 0 Å². The number of carbonyl (C=O) groups excluding carboxylic acids is 2. The molecule has 6 heteroatoms. The molecule has 1 unspecified atom stereocenters. The van der Waals surface area contributed by atoms with Gasteiger partial charge in [-0.25, -0.2) is 0 Å². The lowest BCUT2D eigenvalue weighted by atomic mass is 9.98. The van der Waals surface area contributed by atoms with E-state index < -0.39 is 17.7 Å². The van der Waals surface area contributed by atoms with Gasteiger partial charge in [0, 0.05) is 11.3 Å². The van der Waals surface area contributed by atoms with Crippen LogP contribution in [0.4, 0.5) is 5.69 Å². The summed E-state index contributed by atoms with van der Waals surface area (Å²) in [6.07, 6.45) is 0.881. The number of benzene rings is 2. The van der Waals surface area contributed by atoms with E-state index in [4.69, 9.17) is 9.15 Å². The van der Waals surface area contributed by atoms with Gasteiger partial charge in [0.15, 0.2) is 0 Å². The zero-order valence-electron chi connectivity index (χ0n) is 19.2. The van der Waals surface area contributed by atoms with Gasteiger partial charge in [0.05, 0.1) is 12.2 Å². The van der Waals surface area contributed by atoms with Crippen molar-refractivity contribution in [1.82, 2.24) is 0 Å². The summed E-state index contributed by atoms with van der Waals surface area (Å²) in [5, 5.41) is 11.2. The highest BCUT2D eigenvalue weighted by molar-refractivity contribution is 6.51. The Balaban J connectivity index is 1.85. The van der Waals surface area contributed by atoms with E-state index in [1.54, 1.807) is 43.3 Å². The monoisotopic (exact) mass is 445 g/mol. The summed E-state index contributed by atoms with van der Waals surface area (Å²) in [5.41, 5.74) is 2.91. The lowest BCUT2D eigenvalue weighted by Crippen LogP contribution is -2.30. The fourth-order valence-electron chi connectivity index (χ4n) is 4.11. The quantitative estimate of drug-likeness (QED) is 0.303. The molecule has 2 heterocycles. The molecule has 1 amide bonds. The summed E-state index contributed by atoms with van der Waals surface area (Å²) in [4.78, 5) is 27.8. The molecule has 0 spiro atoms. The van der Waals surface area contributed by atoms with Gasteiger partial charge < -0.3 is 14.3 Å². The van der Waals surface area contributed by atoms with Crippen molar-refractivity contribution < 1.29 is 23.8 Å². The number of furan rings is 1. The minimum Gasteiger partial charge on any atom is -0.507 e. The van der Waals surface area contributed by atoms with Crippen LogP contribution in [-0.2, 0) is 9.59 Å². The molecular formula is C27H27NO5. The Bertz CT molecular complexity index is 1240. The summed E-state index contributed by atoms with van der Waals surface area (Å²) < 4.78 is 11.5. The molecule has 1 N–H and O–H groups in total. The van der Waals surface area contributed by atoms with Crippen LogP contribution in [0.15, 0.2) is 64.6 Å². The maximum atomic E-state index is 13.2. The summed E-state index contributed by atoms with van der Waals surface area (Å²) in [6, 6.07) is 15.1. The van der Waals surface area contributed by atoms with Crippen LogP contribution in [-0.4, -0.2) is 23.4 Å². The maximum absolute atomic E-state index is 13.2. The van der Waals surface area contributed by atoms with Crippen molar-refractivity contribution in [3.8, 4) is 5.75 Å². The number of anilines is 1. The van der Waals surface area contributed by atoms with Crippen LogP contribution in [0, 0.1) is 20.8 Å². The predicted octanol–water partition coefficient (Wildman–Crippen LogP) is 5.62. The molecule has 170 valence electrons. The summed E-state index contributed by atoms with van der Waals surface area (Å²) >= 11 is 0. The lowest BCUT2D eigenvalue weighted by molar-refractivity contribution is -0.132. The molecule has 33 heavy (non-hydrogen) atoms. The fourth-order valence-corrected chi connectivity index (χ4v) is 4.11. The SMILES string of the molecule is CCCOc1ccc(/C(O)=C2/C(=O)C(=O)N(c3ccc(C)cc3C)C2c2ccc(C)o2)cc1. The standard InChI is InChI=1S/C27H27NO5/c1-5-14-32-20-10-8-19(9-11-20)25(29)23-24(22-13-7-18(4)33-22)28(27(31)26(23)30)21-12-6-16(2)15-17(21)3/h6-13,15,24,29H,5,14H2,1-4H3/b25-23-. The van der Waals surface area contributed by atoms with Crippen molar-refractivity contribution in [3.05, 3.63) is 88.4 Å². The van der Waals surface area contributed by atoms with Crippen LogP contribution in [0.25, 0.3) is 5.76 Å². The van der Waals surface area contributed by atoms with Crippen LogP contribution in [0.5, 0.6) is 5.75 Å². The van der Waals surface area contributed by atoms with Gasteiger partial charge in [-0.05, 0) is 75.2 Å². The number of ether oxygens (including phenoxy) is 1. The number of Topliss-reactive ketones (excluding diaryl/α,β-unsaturated/α-hetero) is 1. The fraction of sp³-hybridized carbons (Fsp3) is 0.259. The van der Waals surface area contributed by atoms with Crippen molar-refractivity contribution in [2.24, 2.45) is 0 Å². The van der Waals surface area contributed by atoms with Crippen LogP contribution in [0.3, 0.4) is 0 Å². The third-order valence-electron chi connectivity index (χ3n) is 5.69. The molecule has 4 rings (SSSR count). The first-order valence-corrected chi connectivity index (χ1v) is 11.0. The van der Waals surface area contributed by atoms with E-state index in [-0.39, 0.29) is 11.3 Å². The Morgan fingerprint density at radius 3 is 2.36 bits per heavy atom. The highest BCUT2D eigenvalue weighted by Crippen LogP contribution is 2.43. The summed E-state index contributed by atoms with van der Waals surface area (Å²) in [7, 11) is 0. The van der Waals surface area contributed by atoms with Gasteiger partial charge in [0.1, 0.15) is 29.1 Å². The zero-order chi connectivity index (χ0) is 23.7. The minimum absolute atomic E-state index is 0.00319. The van der Waals surface area contributed by atoms with Gasteiger partial charge >= 0.3 is 0 Å². The van der Waals surface area contributed by atoms with E-state index in [1.165, 1.54) is 4.90 Å². The number of hydrogen-bond donors (Lipinski definition) is 1. The first kappa shape index (κ1) is 22.4. The second-order valence-corrected chi connectivity index (χ2v) is 8.28. The number of aliphatic hydroxyl groups is 1. The van der Waals surface area contributed by atoms with Gasteiger partial charge in [-0.3, -0.25) is 14.5 Å². The normalized spacial score (nSPS) is 17.6. The Morgan fingerprint density at radius 2 is 1.76 bits per heavy atom. The van der Waals surface area contributed by atoms with Crippen LogP contribution >= 0.6 is 0 Å². The van der Waals surface area contributed by atoms with E-state index in [2.05, 4.69) is 0 Å². The van der Waals surface area contributed by atoms with Crippen molar-refractivity contribution in [3.63, 3.8) is 0 Å². The number of nitrogens with zero attached hydrogens (tertiary/aromatic N) is 1. The number of aliphatic hydroxyl groups excluding tert-OH is 1. The minimum atomic E-state index is -0.879. The average Bonchev–Trinajstić information content (AvgIpc) is 3.33. The summed E-state index contributed by atoms with van der Waals surface area (Å²) in [6.45, 7) is 8.25. The second-order valence-electron chi connectivity index (χ2n) is 8.28. The Hall–Kier alpha value is -3.80. The number of rotatable bonds is 6. The molecule has 1 saturated heterocycles. The van der Waals surface area contributed by atoms with Crippen LogP contribution in [0.2, 0.25) is 0 Å². The molecule has 0 radical (unpaired) electrons. The molecule has 1 aromatic heterocycles. The van der Waals surface area contributed by atoms with Gasteiger partial charge in [0.25, 0.3) is 11.7 Å². The van der Waals surface area contributed by atoms with E-state index in [9.17, 15) is 14.7 Å². The third-order valence-corrected chi connectivity index (χ3v) is 5.69. The highest BCUT2D eigenvalue weighted by atomic mass is 16.5. The molecule has 1 aliphatic heterocycles. The largest absolute Gasteiger partial charge is 0.507 e. The number of hydrogen-bond acceptors (Lipinski definition) is 5.